The highest BCUT2D eigenvalue weighted by Crippen LogP contribution is 2.54. The summed E-state index contributed by atoms with van der Waals surface area (Å²) < 4.78 is 26.1. The Morgan fingerprint density at radius 2 is 2.00 bits per heavy atom. The highest BCUT2D eigenvalue weighted by Gasteiger charge is 2.55. The maximum atomic E-state index is 16.2. The second-order valence-electron chi connectivity index (χ2n) is 11.6. The SMILES string of the molecule is COc1nc(C2(Nc3nccc(CC4CNCCO4)c3F)C=CC=C(c3ccccc3)C2(Cl)Cl)ccc1CNC[C@@H]1CCC(=O)N1. The molecule has 2 aromatic heterocycles. The molecule has 2 unspecified atom stereocenters. The van der Waals surface area contributed by atoms with E-state index in [1.165, 1.54) is 0 Å². The molecule has 12 heteroatoms. The zero-order chi connectivity index (χ0) is 32.1. The molecule has 2 fully saturated rings. The van der Waals surface area contributed by atoms with Crippen LogP contribution in [-0.2, 0) is 28.0 Å². The van der Waals surface area contributed by atoms with Crippen LogP contribution in [0, 0.1) is 5.82 Å². The third-order valence-corrected chi connectivity index (χ3v) is 9.60. The Morgan fingerprint density at radius 1 is 1.15 bits per heavy atom. The number of alkyl halides is 2. The Balaban J connectivity index is 1.36. The minimum Gasteiger partial charge on any atom is -0.481 e. The fourth-order valence-corrected chi connectivity index (χ4v) is 6.92. The van der Waals surface area contributed by atoms with Gasteiger partial charge in [-0.1, -0.05) is 71.8 Å². The highest BCUT2D eigenvalue weighted by molar-refractivity contribution is 6.55. The van der Waals surface area contributed by atoms with Gasteiger partial charge in [0.25, 0.3) is 0 Å². The van der Waals surface area contributed by atoms with E-state index in [9.17, 15) is 4.79 Å². The van der Waals surface area contributed by atoms with Crippen molar-refractivity contribution >= 4 is 40.5 Å². The molecule has 0 bridgehead atoms. The predicted molar refractivity (Wildman–Crippen MR) is 177 cm³/mol. The maximum Gasteiger partial charge on any atom is 0.220 e. The lowest BCUT2D eigenvalue weighted by Gasteiger charge is -2.44. The molecule has 242 valence electrons. The number of allylic oxidation sites excluding steroid dienone is 2. The fraction of sp³-hybridized carbons (Fsp3) is 0.382. The number of methoxy groups -OCH3 is 1. The number of anilines is 1. The second kappa shape index (κ2) is 14.1. The number of nitrogens with one attached hydrogen (secondary N) is 4. The second-order valence-corrected chi connectivity index (χ2v) is 13.0. The first-order valence-corrected chi connectivity index (χ1v) is 16.2. The van der Waals surface area contributed by atoms with Crippen molar-refractivity contribution in [3.63, 3.8) is 0 Å². The van der Waals surface area contributed by atoms with Gasteiger partial charge in [-0.2, -0.15) is 0 Å². The summed E-state index contributed by atoms with van der Waals surface area (Å²) in [5, 5.41) is 12.9. The number of carbonyl (C=O) groups is 1. The molecule has 0 radical (unpaired) electrons. The van der Waals surface area contributed by atoms with Crippen molar-refractivity contribution in [2.75, 3.05) is 38.7 Å². The topological polar surface area (TPSA) is 109 Å². The Bertz CT molecular complexity index is 1620. The standard InChI is InChI=1S/C34H37Cl2FN6O3/c1-45-32-24(19-39-20-25-10-12-29(44)41-25)9-11-28(42-32)33(14-5-8-27(34(33,35)36)22-6-3-2-4-7-22)43-31-30(37)23(13-15-40-31)18-26-21-38-16-17-46-26/h2-9,11,13-15,25-26,38-39H,10,12,16-21H2,1H3,(H,40,43)(H,41,44)/t25-,26?,33?/m0/s1. The van der Waals surface area contributed by atoms with Gasteiger partial charge in [-0.25, -0.2) is 14.4 Å². The van der Waals surface area contributed by atoms with Crippen molar-refractivity contribution < 1.29 is 18.7 Å². The van der Waals surface area contributed by atoms with Gasteiger partial charge in [0.2, 0.25) is 11.8 Å². The van der Waals surface area contributed by atoms with Gasteiger partial charge in [0.05, 0.1) is 25.5 Å². The maximum absolute atomic E-state index is 16.2. The Hall–Kier alpha value is -3.54. The Labute approximate surface area is 278 Å². The molecule has 4 N–H and O–H groups in total. The molecule has 4 heterocycles. The minimum absolute atomic E-state index is 0.0176. The third-order valence-electron chi connectivity index (χ3n) is 8.59. The number of aromatic nitrogens is 2. The normalized spacial score (nSPS) is 23.9. The molecule has 3 atom stereocenters. The molecular formula is C34H37Cl2FN6O3. The smallest absolute Gasteiger partial charge is 0.220 e. The summed E-state index contributed by atoms with van der Waals surface area (Å²) in [6.45, 7) is 3.05. The summed E-state index contributed by atoms with van der Waals surface area (Å²) >= 11 is 14.8. The number of nitrogens with zero attached hydrogens (tertiary/aromatic N) is 2. The van der Waals surface area contributed by atoms with E-state index in [1.54, 1.807) is 25.4 Å². The first-order valence-electron chi connectivity index (χ1n) is 15.4. The largest absolute Gasteiger partial charge is 0.481 e. The van der Waals surface area contributed by atoms with E-state index >= 15 is 4.39 Å². The minimum atomic E-state index is -1.68. The van der Waals surface area contributed by atoms with Gasteiger partial charge in [-0.3, -0.25) is 4.79 Å². The van der Waals surface area contributed by atoms with Crippen LogP contribution in [0.5, 0.6) is 5.88 Å². The molecule has 46 heavy (non-hydrogen) atoms. The first kappa shape index (κ1) is 32.4. The van der Waals surface area contributed by atoms with Crippen LogP contribution in [0.1, 0.15) is 35.2 Å². The van der Waals surface area contributed by atoms with Crippen LogP contribution in [0.3, 0.4) is 0 Å². The zero-order valence-corrected chi connectivity index (χ0v) is 27.0. The molecule has 1 aliphatic carbocycles. The third kappa shape index (κ3) is 6.63. The summed E-state index contributed by atoms with van der Waals surface area (Å²) in [4.78, 5) is 20.9. The lowest BCUT2D eigenvalue weighted by molar-refractivity contribution is -0.119. The molecule has 3 aromatic rings. The van der Waals surface area contributed by atoms with Crippen LogP contribution in [0.4, 0.5) is 10.2 Å². The van der Waals surface area contributed by atoms with Gasteiger partial charge in [0.15, 0.2) is 16.0 Å². The number of pyridine rings is 2. The van der Waals surface area contributed by atoms with E-state index < -0.39 is 15.7 Å². The van der Waals surface area contributed by atoms with Gasteiger partial charge in [0.1, 0.15) is 5.54 Å². The molecule has 9 nitrogen and oxygen atoms in total. The van der Waals surface area contributed by atoms with Gasteiger partial charge in [-0.05, 0) is 41.3 Å². The van der Waals surface area contributed by atoms with E-state index in [-0.39, 0.29) is 23.9 Å². The van der Waals surface area contributed by atoms with Gasteiger partial charge >= 0.3 is 0 Å². The van der Waals surface area contributed by atoms with Gasteiger partial charge < -0.3 is 30.7 Å². The number of hydrogen-bond acceptors (Lipinski definition) is 8. The van der Waals surface area contributed by atoms with E-state index in [0.717, 1.165) is 24.1 Å². The van der Waals surface area contributed by atoms with Gasteiger partial charge in [-0.15, -0.1) is 0 Å². The summed E-state index contributed by atoms with van der Waals surface area (Å²) in [7, 11) is 1.54. The summed E-state index contributed by atoms with van der Waals surface area (Å²) in [6.07, 6.45) is 8.57. The number of hydrogen-bond donors (Lipinski definition) is 4. The van der Waals surface area contributed by atoms with Crippen molar-refractivity contribution in [1.82, 2.24) is 25.9 Å². The van der Waals surface area contributed by atoms with Crippen molar-refractivity contribution in [3.05, 3.63) is 101 Å². The van der Waals surface area contributed by atoms with Crippen molar-refractivity contribution in [2.45, 2.75) is 47.8 Å². The van der Waals surface area contributed by atoms with E-state index in [2.05, 4.69) is 26.3 Å². The van der Waals surface area contributed by atoms with Gasteiger partial charge in [0, 0.05) is 56.8 Å². The van der Waals surface area contributed by atoms with Crippen molar-refractivity contribution in [1.29, 1.82) is 0 Å². The van der Waals surface area contributed by atoms with Crippen LogP contribution >= 0.6 is 23.2 Å². The Morgan fingerprint density at radius 3 is 2.74 bits per heavy atom. The molecule has 1 aromatic carbocycles. The van der Waals surface area contributed by atoms with E-state index in [1.807, 2.05) is 54.6 Å². The number of amides is 1. The lowest BCUT2D eigenvalue weighted by atomic mass is 9.79. The molecule has 3 aliphatic rings. The van der Waals surface area contributed by atoms with Crippen LogP contribution in [0.15, 0.2) is 73.0 Å². The lowest BCUT2D eigenvalue weighted by Crippen LogP contribution is -2.51. The quantitative estimate of drug-likeness (QED) is 0.219. The highest BCUT2D eigenvalue weighted by atomic mass is 35.5. The average Bonchev–Trinajstić information content (AvgIpc) is 3.49. The Kier molecular flexibility index (Phi) is 9.91. The van der Waals surface area contributed by atoms with Crippen LogP contribution in [0.25, 0.3) is 5.57 Å². The van der Waals surface area contributed by atoms with Crippen molar-refractivity contribution in [3.8, 4) is 5.88 Å². The van der Waals surface area contributed by atoms with Crippen LogP contribution < -0.4 is 26.0 Å². The predicted octanol–water partition coefficient (Wildman–Crippen LogP) is 4.66. The number of benzene rings is 1. The number of ether oxygens (including phenoxy) is 2. The molecule has 6 rings (SSSR count). The summed E-state index contributed by atoms with van der Waals surface area (Å²) in [5.41, 5.74) is 1.60. The number of rotatable bonds is 11. The molecule has 0 saturated carbocycles. The first-order chi connectivity index (χ1) is 22.3. The fourth-order valence-electron chi connectivity index (χ4n) is 6.16. The molecule has 0 spiro atoms. The number of halogens is 3. The van der Waals surface area contributed by atoms with Crippen molar-refractivity contribution in [2.24, 2.45) is 0 Å². The zero-order valence-electron chi connectivity index (χ0n) is 25.5. The average molecular weight is 668 g/mol. The monoisotopic (exact) mass is 666 g/mol. The van der Waals surface area contributed by atoms with E-state index in [0.29, 0.717) is 61.8 Å². The summed E-state index contributed by atoms with van der Waals surface area (Å²) in [6, 6.07) is 15.0. The van der Waals surface area contributed by atoms with Crippen LogP contribution in [0.2, 0.25) is 0 Å². The van der Waals surface area contributed by atoms with E-state index in [4.69, 9.17) is 37.7 Å². The molecule has 2 saturated heterocycles. The summed E-state index contributed by atoms with van der Waals surface area (Å²) in [5.74, 6) is -0.106. The number of morpholine rings is 1. The molecule has 2 aliphatic heterocycles. The molecule has 1 amide bonds. The number of carbonyl (C=O) groups excluding carboxylic acids is 1. The molecular weight excluding hydrogens is 630 g/mol. The van der Waals surface area contributed by atoms with Crippen LogP contribution in [-0.4, -0.2) is 65.7 Å².